The van der Waals surface area contributed by atoms with E-state index in [4.69, 9.17) is 9.29 Å². The fourth-order valence-electron chi connectivity index (χ4n) is 1.75. The highest BCUT2D eigenvalue weighted by Gasteiger charge is 2.20. The van der Waals surface area contributed by atoms with Crippen molar-refractivity contribution < 1.29 is 22.5 Å². The average Bonchev–Trinajstić information content (AvgIpc) is 2.70. The van der Waals surface area contributed by atoms with Gasteiger partial charge in [0.2, 0.25) is 0 Å². The fraction of sp³-hybridized carbons (Fsp3) is 0.545. The summed E-state index contributed by atoms with van der Waals surface area (Å²) >= 11 is -0.781. The van der Waals surface area contributed by atoms with Crippen molar-refractivity contribution in [2.45, 2.75) is 0 Å². The van der Waals surface area contributed by atoms with Gasteiger partial charge in [-0.3, -0.25) is 9.35 Å². The minimum absolute atomic E-state index is 0.0982. The van der Waals surface area contributed by atoms with Crippen LogP contribution >= 0.6 is 21.3 Å². The summed E-state index contributed by atoms with van der Waals surface area (Å²) in [7, 11) is -3.99. The van der Waals surface area contributed by atoms with Crippen molar-refractivity contribution in [3.8, 4) is 0 Å². The maximum atomic E-state index is 12.3. The molecule has 0 atom stereocenters. The number of halogens is 1. The smallest absolute Gasteiger partial charge is 0.266 e. The third-order valence-corrected chi connectivity index (χ3v) is 5.44. The highest BCUT2D eigenvalue weighted by atomic mass is 127. The Balaban J connectivity index is 1.96. The number of morpholine rings is 1. The minimum atomic E-state index is -3.99. The van der Waals surface area contributed by atoms with Gasteiger partial charge in [0.1, 0.15) is 21.3 Å². The van der Waals surface area contributed by atoms with Gasteiger partial charge in [0.15, 0.2) is 0 Å². The molecule has 0 saturated carbocycles. The Morgan fingerprint density at radius 3 is 2.81 bits per heavy atom. The van der Waals surface area contributed by atoms with Crippen LogP contribution in [-0.2, 0) is 19.6 Å². The number of amides is 1. The molecule has 2 aliphatic rings. The van der Waals surface area contributed by atoms with Crippen LogP contribution in [-0.4, -0.2) is 65.5 Å². The predicted octanol–water partition coefficient (Wildman–Crippen LogP) is 0.516. The summed E-state index contributed by atoms with van der Waals surface area (Å²) in [5, 5.41) is 0. The molecule has 0 aromatic heterocycles. The lowest BCUT2D eigenvalue weighted by atomic mass is 10.2. The first-order chi connectivity index (χ1) is 9.96. The maximum absolute atomic E-state index is 12.3. The number of rotatable bonds is 4. The van der Waals surface area contributed by atoms with Crippen molar-refractivity contribution in [1.82, 2.24) is 8.01 Å². The first-order valence-electron chi connectivity index (χ1n) is 6.27. The van der Waals surface area contributed by atoms with Crippen LogP contribution < -0.4 is 0 Å². The summed E-state index contributed by atoms with van der Waals surface area (Å²) in [5.41, 5.74) is 0.478. The molecule has 0 spiro atoms. The van der Waals surface area contributed by atoms with Crippen molar-refractivity contribution in [2.75, 3.05) is 38.6 Å². The van der Waals surface area contributed by atoms with Gasteiger partial charge in [-0.1, -0.05) is 0 Å². The summed E-state index contributed by atoms with van der Waals surface area (Å²) in [6.07, 6.45) is 4.84. The molecule has 1 N–H and O–H groups in total. The van der Waals surface area contributed by atoms with E-state index >= 15 is 0 Å². The van der Waals surface area contributed by atoms with E-state index in [1.54, 1.807) is 20.3 Å². The van der Waals surface area contributed by atoms with Gasteiger partial charge >= 0.3 is 0 Å². The Labute approximate surface area is 133 Å². The average molecular weight is 429 g/mol. The summed E-state index contributed by atoms with van der Waals surface area (Å²) in [5.74, 6) is -0.446. The second-order valence-corrected chi connectivity index (χ2v) is 8.19. The van der Waals surface area contributed by atoms with E-state index < -0.39 is 31.4 Å². The number of ether oxygens (including phenoxy) is 1. The van der Waals surface area contributed by atoms with Crippen molar-refractivity contribution in [3.05, 3.63) is 24.0 Å². The van der Waals surface area contributed by atoms with Gasteiger partial charge < -0.3 is 12.8 Å². The van der Waals surface area contributed by atoms with Crippen LogP contribution in [0.15, 0.2) is 27.2 Å². The maximum Gasteiger partial charge on any atom is 0.266 e. The van der Waals surface area contributed by atoms with E-state index in [0.29, 0.717) is 31.9 Å². The van der Waals surface area contributed by atoms with Gasteiger partial charge in [0.25, 0.3) is 16.0 Å². The molecule has 1 amide bonds. The predicted molar refractivity (Wildman–Crippen MR) is 84.2 cm³/mol. The molecule has 0 bridgehead atoms. The minimum Gasteiger partial charge on any atom is -0.378 e. The van der Waals surface area contributed by atoms with Crippen LogP contribution in [0.4, 0.5) is 0 Å². The van der Waals surface area contributed by atoms with Crippen LogP contribution in [0.2, 0.25) is 0 Å². The molecule has 0 unspecified atom stereocenters. The number of nitrogens with zero attached hydrogens (tertiary/aromatic N) is 3. The van der Waals surface area contributed by atoms with E-state index in [9.17, 15) is 13.2 Å². The zero-order valence-electron chi connectivity index (χ0n) is 11.2. The monoisotopic (exact) mass is 429 g/mol. The molecule has 118 valence electrons. The van der Waals surface area contributed by atoms with E-state index in [1.807, 2.05) is 0 Å². The second-order valence-electron chi connectivity index (χ2n) is 4.39. The van der Waals surface area contributed by atoms with E-state index in [1.165, 1.54) is 6.20 Å². The first-order valence-corrected chi connectivity index (χ1v) is 9.81. The molecular weight excluding hydrogens is 413 g/mol. The third kappa shape index (κ3) is 5.45. The van der Waals surface area contributed by atoms with Crippen molar-refractivity contribution in [2.24, 2.45) is 3.15 Å². The van der Waals surface area contributed by atoms with Gasteiger partial charge in [-0.05, 0) is 6.08 Å². The van der Waals surface area contributed by atoms with Crippen LogP contribution in [0.1, 0.15) is 0 Å². The van der Waals surface area contributed by atoms with Gasteiger partial charge in [0, 0.05) is 32.0 Å². The molecule has 1 fully saturated rings. The molecule has 0 aliphatic carbocycles. The molecule has 21 heavy (non-hydrogen) atoms. The summed E-state index contributed by atoms with van der Waals surface area (Å²) < 4.78 is 41.4. The van der Waals surface area contributed by atoms with Crippen molar-refractivity contribution in [1.29, 1.82) is 0 Å². The standard InChI is InChI=1S/C11H16IN3O5S/c16-11(14-3-6-20-7-4-14)10-1-2-15(12-13-9-10)5-8-21(17,18)19/h1-2,9H,3-8H2,(H,17,18,19). The highest BCUT2D eigenvalue weighted by Crippen LogP contribution is 2.19. The third-order valence-electron chi connectivity index (χ3n) is 2.85. The number of hydrogen-bond acceptors (Lipinski definition) is 6. The summed E-state index contributed by atoms with van der Waals surface area (Å²) in [4.78, 5) is 14.0. The topological polar surface area (TPSA) is 99.5 Å². The van der Waals surface area contributed by atoms with Crippen LogP contribution in [0.25, 0.3) is 0 Å². The largest absolute Gasteiger partial charge is 0.378 e. The summed E-state index contributed by atoms with van der Waals surface area (Å²) in [6.45, 7) is 2.36. The Kier molecular flexibility index (Phi) is 5.84. The van der Waals surface area contributed by atoms with Gasteiger partial charge in [0.05, 0.1) is 24.5 Å². The Hall–Kier alpha value is -0.850. The second kappa shape index (κ2) is 7.42. The number of carbonyl (C=O) groups excluding carboxylic acids is 1. The van der Waals surface area contributed by atoms with Gasteiger partial charge in [-0.15, -0.1) is 0 Å². The molecule has 10 heteroatoms. The van der Waals surface area contributed by atoms with Gasteiger partial charge in [-0.2, -0.15) is 8.42 Å². The normalized spacial score (nSPS) is 19.8. The molecule has 2 aliphatic heterocycles. The van der Waals surface area contributed by atoms with Crippen molar-refractivity contribution in [3.63, 3.8) is 0 Å². The Morgan fingerprint density at radius 1 is 1.43 bits per heavy atom. The quantitative estimate of drug-likeness (QED) is 0.398. The Morgan fingerprint density at radius 2 is 2.14 bits per heavy atom. The molecular formula is C11H16IN3O5S. The number of carbonyl (C=O) groups is 1. The molecule has 8 nitrogen and oxygen atoms in total. The lowest BCUT2D eigenvalue weighted by Gasteiger charge is -2.26. The lowest BCUT2D eigenvalue weighted by molar-refractivity contribution is -0.130. The molecule has 2 rings (SSSR count). The van der Waals surface area contributed by atoms with Crippen LogP contribution in [0.5, 0.6) is 0 Å². The van der Waals surface area contributed by atoms with Crippen LogP contribution in [0.3, 0.4) is 0 Å². The number of hydrogen-bond donors (Lipinski definition) is 1. The van der Waals surface area contributed by atoms with Gasteiger partial charge in [-0.25, -0.2) is 3.15 Å². The zero-order chi connectivity index (χ0) is 15.3. The molecule has 1 saturated heterocycles. The molecule has 0 radical (unpaired) electrons. The fourth-order valence-corrected chi connectivity index (χ4v) is 4.01. The van der Waals surface area contributed by atoms with E-state index in [0.717, 1.165) is 0 Å². The molecule has 2 heterocycles. The lowest BCUT2D eigenvalue weighted by Crippen LogP contribution is -2.41. The highest BCUT2D eigenvalue weighted by molar-refractivity contribution is 14.1. The SMILES string of the molecule is O=C(C1=CN=IN(CCS(=O)(=O)O)C=C1)N1CCOCC1. The molecule has 0 aromatic carbocycles. The van der Waals surface area contributed by atoms with Crippen LogP contribution in [0, 0.1) is 0 Å². The molecule has 0 aromatic rings. The zero-order valence-corrected chi connectivity index (χ0v) is 14.2. The van der Waals surface area contributed by atoms with E-state index in [-0.39, 0.29) is 18.2 Å². The van der Waals surface area contributed by atoms with Crippen molar-refractivity contribution >= 4 is 37.3 Å². The Bertz CT molecular complexity index is 581. The first kappa shape index (κ1) is 16.5. The summed E-state index contributed by atoms with van der Waals surface area (Å²) in [6, 6.07) is 0. The van der Waals surface area contributed by atoms with E-state index in [2.05, 4.69) is 3.15 Å².